The van der Waals surface area contributed by atoms with Crippen molar-refractivity contribution >= 4 is 23.5 Å². The van der Waals surface area contributed by atoms with Gasteiger partial charge in [-0.15, -0.1) is 0 Å². The highest BCUT2D eigenvalue weighted by molar-refractivity contribution is 6.32. The summed E-state index contributed by atoms with van der Waals surface area (Å²) in [6, 6.07) is 5.31. The normalized spacial score (nSPS) is 10.1. The van der Waals surface area contributed by atoms with E-state index in [1.807, 2.05) is 6.07 Å². The van der Waals surface area contributed by atoms with Crippen molar-refractivity contribution in [1.29, 1.82) is 0 Å². The van der Waals surface area contributed by atoms with Crippen LogP contribution in [0.1, 0.15) is 5.56 Å². The largest absolute Gasteiger partial charge is 0.495 e. The van der Waals surface area contributed by atoms with Gasteiger partial charge in [0.25, 0.3) is 0 Å². The van der Waals surface area contributed by atoms with E-state index in [1.54, 1.807) is 31.5 Å². The highest BCUT2D eigenvalue weighted by atomic mass is 35.5. The van der Waals surface area contributed by atoms with Gasteiger partial charge in [0.1, 0.15) is 11.6 Å². The molecule has 0 amide bonds. The number of aromatic nitrogens is 2. The molecule has 0 saturated heterocycles. The SMILES string of the molecule is C=Cc1cnc(-c2ccc(Cl)c(OC)c2)nc1N. The fourth-order valence-corrected chi connectivity index (χ4v) is 1.69. The molecule has 0 atom stereocenters. The maximum atomic E-state index is 5.96. The van der Waals surface area contributed by atoms with Gasteiger partial charge >= 0.3 is 0 Å². The molecule has 0 bridgehead atoms. The van der Waals surface area contributed by atoms with Crippen molar-refractivity contribution in [3.05, 3.63) is 41.6 Å². The molecule has 0 radical (unpaired) electrons. The predicted octanol–water partition coefficient (Wildman–Crippen LogP) is 3.03. The zero-order valence-corrected chi connectivity index (χ0v) is 10.6. The summed E-state index contributed by atoms with van der Waals surface area (Å²) in [7, 11) is 1.56. The van der Waals surface area contributed by atoms with Crippen LogP contribution in [0.15, 0.2) is 31.0 Å². The second-order valence-electron chi connectivity index (χ2n) is 3.59. The molecule has 1 aromatic heterocycles. The van der Waals surface area contributed by atoms with Crippen LogP contribution in [-0.2, 0) is 0 Å². The summed E-state index contributed by atoms with van der Waals surface area (Å²) in [5, 5.41) is 0.539. The number of hydrogen-bond donors (Lipinski definition) is 1. The van der Waals surface area contributed by atoms with Crippen molar-refractivity contribution in [2.24, 2.45) is 0 Å². The Kier molecular flexibility index (Phi) is 3.48. The fourth-order valence-electron chi connectivity index (χ4n) is 1.50. The van der Waals surface area contributed by atoms with Gasteiger partial charge in [0.15, 0.2) is 5.82 Å². The first-order valence-electron chi connectivity index (χ1n) is 5.24. The lowest BCUT2D eigenvalue weighted by molar-refractivity contribution is 0.415. The second-order valence-corrected chi connectivity index (χ2v) is 3.99. The smallest absolute Gasteiger partial charge is 0.161 e. The minimum Gasteiger partial charge on any atom is -0.495 e. The minimum absolute atomic E-state index is 0.393. The summed E-state index contributed by atoms with van der Waals surface area (Å²) in [6.07, 6.45) is 3.24. The Bertz CT molecular complexity index is 599. The van der Waals surface area contributed by atoms with Gasteiger partial charge in [0.2, 0.25) is 0 Å². The third-order valence-electron chi connectivity index (χ3n) is 2.48. The maximum Gasteiger partial charge on any atom is 0.161 e. The number of nitrogen functional groups attached to an aromatic ring is 1. The van der Waals surface area contributed by atoms with Gasteiger partial charge in [-0.05, 0) is 18.2 Å². The van der Waals surface area contributed by atoms with Crippen LogP contribution >= 0.6 is 11.6 Å². The molecule has 2 N–H and O–H groups in total. The summed E-state index contributed by atoms with van der Waals surface area (Å²) in [4.78, 5) is 8.44. The molecular weight excluding hydrogens is 250 g/mol. The predicted molar refractivity (Wildman–Crippen MR) is 73.5 cm³/mol. The van der Waals surface area contributed by atoms with Crippen molar-refractivity contribution in [2.75, 3.05) is 12.8 Å². The first-order valence-corrected chi connectivity index (χ1v) is 5.62. The Morgan fingerprint density at radius 1 is 1.44 bits per heavy atom. The van der Waals surface area contributed by atoms with Crippen LogP contribution in [0.5, 0.6) is 5.75 Å². The molecule has 0 spiro atoms. The average Bonchev–Trinajstić information content (AvgIpc) is 2.39. The number of nitrogens with two attached hydrogens (primary N) is 1. The molecule has 2 aromatic rings. The molecule has 4 nitrogen and oxygen atoms in total. The van der Waals surface area contributed by atoms with Crippen LogP contribution in [0.2, 0.25) is 5.02 Å². The lowest BCUT2D eigenvalue weighted by Crippen LogP contribution is -1.98. The zero-order chi connectivity index (χ0) is 13.1. The molecular formula is C13H12ClN3O. The van der Waals surface area contributed by atoms with Crippen LogP contribution in [0, 0.1) is 0 Å². The summed E-state index contributed by atoms with van der Waals surface area (Å²) in [5.41, 5.74) is 7.29. The van der Waals surface area contributed by atoms with Crippen LogP contribution < -0.4 is 10.5 Å². The second kappa shape index (κ2) is 5.06. The van der Waals surface area contributed by atoms with E-state index in [2.05, 4.69) is 16.5 Å². The van der Waals surface area contributed by atoms with Crippen LogP contribution in [0.25, 0.3) is 17.5 Å². The molecule has 18 heavy (non-hydrogen) atoms. The topological polar surface area (TPSA) is 61.0 Å². The van der Waals surface area contributed by atoms with Crippen molar-refractivity contribution in [1.82, 2.24) is 9.97 Å². The number of hydrogen-bond acceptors (Lipinski definition) is 4. The van der Waals surface area contributed by atoms with Gasteiger partial charge in [0.05, 0.1) is 12.1 Å². The standard InChI is InChI=1S/C13H12ClN3O/c1-3-8-7-16-13(17-12(8)15)9-4-5-10(14)11(6-9)18-2/h3-7H,1H2,2H3,(H2,15,16,17). The van der Waals surface area contributed by atoms with E-state index in [-0.39, 0.29) is 0 Å². The number of benzene rings is 1. The van der Waals surface area contributed by atoms with Gasteiger partial charge in [-0.1, -0.05) is 24.3 Å². The van der Waals surface area contributed by atoms with Crippen molar-refractivity contribution in [3.8, 4) is 17.1 Å². The number of ether oxygens (including phenoxy) is 1. The minimum atomic E-state index is 0.393. The third kappa shape index (κ3) is 2.28. The van der Waals surface area contributed by atoms with Gasteiger partial charge in [0, 0.05) is 17.3 Å². The van der Waals surface area contributed by atoms with Crippen molar-refractivity contribution in [2.45, 2.75) is 0 Å². The maximum absolute atomic E-state index is 5.96. The first-order chi connectivity index (χ1) is 8.65. The summed E-state index contributed by atoms with van der Waals surface area (Å²) in [5.74, 6) is 1.49. The molecule has 5 heteroatoms. The van der Waals surface area contributed by atoms with Crippen molar-refractivity contribution < 1.29 is 4.74 Å². The number of halogens is 1. The molecule has 92 valence electrons. The molecule has 0 saturated carbocycles. The molecule has 2 rings (SSSR count). The highest BCUT2D eigenvalue weighted by Gasteiger charge is 2.08. The number of nitrogens with zero attached hydrogens (tertiary/aromatic N) is 2. The molecule has 1 heterocycles. The van der Waals surface area contributed by atoms with Gasteiger partial charge in [-0.3, -0.25) is 0 Å². The van der Waals surface area contributed by atoms with E-state index in [4.69, 9.17) is 22.1 Å². The van der Waals surface area contributed by atoms with E-state index >= 15 is 0 Å². The first kappa shape index (κ1) is 12.4. The number of anilines is 1. The summed E-state index contributed by atoms with van der Waals surface area (Å²) >= 11 is 5.96. The Morgan fingerprint density at radius 3 is 2.83 bits per heavy atom. The number of methoxy groups -OCH3 is 1. The average molecular weight is 262 g/mol. The van der Waals surface area contributed by atoms with E-state index < -0.39 is 0 Å². The molecule has 1 aromatic carbocycles. The van der Waals surface area contributed by atoms with Gasteiger partial charge < -0.3 is 10.5 Å². The monoisotopic (exact) mass is 261 g/mol. The summed E-state index contributed by atoms with van der Waals surface area (Å²) in [6.45, 7) is 3.64. The molecule has 0 aliphatic rings. The van der Waals surface area contributed by atoms with E-state index in [0.717, 1.165) is 5.56 Å². The molecule has 0 fully saturated rings. The van der Waals surface area contributed by atoms with Gasteiger partial charge in [-0.2, -0.15) is 0 Å². The van der Waals surface area contributed by atoms with Gasteiger partial charge in [-0.25, -0.2) is 9.97 Å². The van der Waals surface area contributed by atoms with Crippen LogP contribution in [0.3, 0.4) is 0 Å². The zero-order valence-electron chi connectivity index (χ0n) is 9.85. The Balaban J connectivity index is 2.48. The molecule has 0 aliphatic carbocycles. The Hall–Kier alpha value is -2.07. The fraction of sp³-hybridized carbons (Fsp3) is 0.0769. The van der Waals surface area contributed by atoms with E-state index in [1.165, 1.54) is 0 Å². The Morgan fingerprint density at radius 2 is 2.22 bits per heavy atom. The highest BCUT2D eigenvalue weighted by Crippen LogP contribution is 2.29. The third-order valence-corrected chi connectivity index (χ3v) is 2.79. The Labute approximate surface area is 110 Å². The lowest BCUT2D eigenvalue weighted by Gasteiger charge is -2.07. The van der Waals surface area contributed by atoms with E-state index in [0.29, 0.717) is 28.0 Å². The number of rotatable bonds is 3. The molecule has 0 unspecified atom stereocenters. The van der Waals surface area contributed by atoms with E-state index in [9.17, 15) is 0 Å². The van der Waals surface area contributed by atoms with Crippen LogP contribution in [-0.4, -0.2) is 17.1 Å². The van der Waals surface area contributed by atoms with Crippen molar-refractivity contribution in [3.63, 3.8) is 0 Å². The van der Waals surface area contributed by atoms with Crippen LogP contribution in [0.4, 0.5) is 5.82 Å². The quantitative estimate of drug-likeness (QED) is 0.923. The lowest BCUT2D eigenvalue weighted by atomic mass is 10.2. The molecule has 0 aliphatic heterocycles. The summed E-state index contributed by atoms with van der Waals surface area (Å²) < 4.78 is 5.15.